The van der Waals surface area contributed by atoms with Crippen LogP contribution in [0.2, 0.25) is 0 Å². The largest absolute Gasteiger partial charge is 0.393 e. The monoisotopic (exact) mass is 384 g/mol. The van der Waals surface area contributed by atoms with Crippen LogP contribution in [0.3, 0.4) is 0 Å². The zero-order chi connectivity index (χ0) is 16.8. The average molecular weight is 385 g/mol. The number of halogens is 1. The van der Waals surface area contributed by atoms with E-state index >= 15 is 0 Å². The van der Waals surface area contributed by atoms with Crippen LogP contribution in [0.1, 0.15) is 66.2 Å². The Balaban J connectivity index is 1.81. The number of fused-ring (bicyclic) bond motifs is 3. The van der Waals surface area contributed by atoms with Crippen molar-refractivity contribution in [1.82, 2.24) is 0 Å². The van der Waals surface area contributed by atoms with Crippen LogP contribution >= 0.6 is 15.9 Å². The van der Waals surface area contributed by atoms with Crippen LogP contribution in [0, 0.1) is 40.4 Å². The topological polar surface area (TPSA) is 40.5 Å². The summed E-state index contributed by atoms with van der Waals surface area (Å²) in [7, 11) is 0. The molecule has 0 amide bonds. The molecule has 0 radical (unpaired) electrons. The molecule has 0 aromatic heterocycles. The molecular weight excluding hydrogens is 352 g/mol. The second kappa shape index (κ2) is 4.98. The van der Waals surface area contributed by atoms with Gasteiger partial charge in [0.1, 0.15) is 0 Å². The van der Waals surface area contributed by atoms with Crippen LogP contribution in [-0.2, 0) is 0 Å². The molecule has 132 valence electrons. The summed E-state index contributed by atoms with van der Waals surface area (Å²) in [4.78, 5) is 0.474. The van der Waals surface area contributed by atoms with E-state index < -0.39 is 5.60 Å². The highest BCUT2D eigenvalue weighted by Crippen LogP contribution is 2.74. The van der Waals surface area contributed by atoms with Crippen molar-refractivity contribution in [3.63, 3.8) is 0 Å². The Hall–Kier alpha value is 0.400. The fraction of sp³-hybridized carbons (Fsp3) is 1.00. The van der Waals surface area contributed by atoms with E-state index in [1.807, 2.05) is 0 Å². The third-order valence-corrected chi connectivity index (χ3v) is 10.2. The van der Waals surface area contributed by atoms with Crippen molar-refractivity contribution in [2.45, 2.75) is 82.8 Å². The van der Waals surface area contributed by atoms with E-state index in [0.29, 0.717) is 22.6 Å². The van der Waals surface area contributed by atoms with Crippen LogP contribution in [0.25, 0.3) is 0 Å². The summed E-state index contributed by atoms with van der Waals surface area (Å²) in [6.45, 7) is 9.16. The van der Waals surface area contributed by atoms with E-state index in [1.165, 1.54) is 25.7 Å². The number of alkyl halides is 1. The summed E-state index contributed by atoms with van der Waals surface area (Å²) in [5.41, 5.74) is -0.231. The minimum atomic E-state index is -0.635. The molecule has 9 atom stereocenters. The van der Waals surface area contributed by atoms with Gasteiger partial charge in [0.15, 0.2) is 0 Å². The molecule has 0 aromatic carbocycles. The average Bonchev–Trinajstić information content (AvgIpc) is 2.97. The first kappa shape index (κ1) is 16.8. The zero-order valence-electron chi connectivity index (χ0n) is 15.1. The highest BCUT2D eigenvalue weighted by atomic mass is 79.9. The van der Waals surface area contributed by atoms with Crippen molar-refractivity contribution in [1.29, 1.82) is 0 Å². The Bertz CT molecular complexity index is 504. The minimum absolute atomic E-state index is 0.116. The van der Waals surface area contributed by atoms with E-state index in [4.69, 9.17) is 0 Å². The van der Waals surface area contributed by atoms with Gasteiger partial charge in [0.05, 0.1) is 11.7 Å². The molecule has 0 heterocycles. The van der Waals surface area contributed by atoms with Crippen LogP contribution < -0.4 is 0 Å². The molecule has 3 heteroatoms. The van der Waals surface area contributed by atoms with Crippen molar-refractivity contribution in [3.8, 4) is 0 Å². The van der Waals surface area contributed by atoms with E-state index in [2.05, 4.69) is 43.6 Å². The summed E-state index contributed by atoms with van der Waals surface area (Å²) >= 11 is 3.96. The van der Waals surface area contributed by atoms with Gasteiger partial charge < -0.3 is 10.2 Å². The van der Waals surface area contributed by atoms with E-state index in [-0.39, 0.29) is 22.9 Å². The molecule has 0 saturated heterocycles. The summed E-state index contributed by atoms with van der Waals surface area (Å²) in [5, 5.41) is 22.5. The van der Waals surface area contributed by atoms with Gasteiger partial charge in [-0.05, 0) is 85.9 Å². The van der Waals surface area contributed by atoms with Crippen LogP contribution in [0.5, 0.6) is 0 Å². The lowest BCUT2D eigenvalue weighted by Crippen LogP contribution is -2.64. The van der Waals surface area contributed by atoms with Crippen LogP contribution in [0.4, 0.5) is 0 Å². The third-order valence-electron chi connectivity index (χ3n) is 8.75. The van der Waals surface area contributed by atoms with Gasteiger partial charge in [0, 0.05) is 4.83 Å². The summed E-state index contributed by atoms with van der Waals surface area (Å²) in [6.07, 6.45) is 6.57. The van der Waals surface area contributed by atoms with E-state index in [1.54, 1.807) is 0 Å². The molecule has 4 saturated carbocycles. The fourth-order valence-electron chi connectivity index (χ4n) is 7.90. The Morgan fingerprint density at radius 1 is 1.13 bits per heavy atom. The number of aliphatic hydroxyl groups is 2. The van der Waals surface area contributed by atoms with Crippen molar-refractivity contribution in [2.75, 3.05) is 0 Å². The maximum absolute atomic E-state index is 11.3. The van der Waals surface area contributed by atoms with Crippen LogP contribution in [-0.4, -0.2) is 26.7 Å². The molecule has 2 nitrogen and oxygen atoms in total. The Kier molecular flexibility index (Phi) is 3.65. The van der Waals surface area contributed by atoms with Crippen molar-refractivity contribution in [3.05, 3.63) is 0 Å². The smallest absolute Gasteiger partial charge is 0.0657 e. The van der Waals surface area contributed by atoms with Crippen molar-refractivity contribution in [2.24, 2.45) is 40.4 Å². The number of hydrogen-bond acceptors (Lipinski definition) is 2. The number of rotatable bonds is 1. The molecule has 4 fully saturated rings. The molecule has 2 bridgehead atoms. The first-order valence-corrected chi connectivity index (χ1v) is 10.6. The summed E-state index contributed by atoms with van der Waals surface area (Å²) < 4.78 is 0. The third kappa shape index (κ3) is 1.99. The zero-order valence-corrected chi connectivity index (χ0v) is 16.6. The second-order valence-corrected chi connectivity index (χ2v) is 11.3. The minimum Gasteiger partial charge on any atom is -0.393 e. The molecule has 1 spiro atoms. The SMILES string of the molecule is CC(C)[C@@H]1C[C@H]2C[C@@]13CC[C@]1(C)[C@@H](Br)CC[C@@](C)(O)[C@H]1[C@@H]3[C@H]2O. The lowest BCUT2D eigenvalue weighted by Gasteiger charge is -2.64. The van der Waals surface area contributed by atoms with Gasteiger partial charge in [-0.1, -0.05) is 36.7 Å². The summed E-state index contributed by atoms with van der Waals surface area (Å²) in [5.74, 6) is 2.41. The van der Waals surface area contributed by atoms with Gasteiger partial charge in [-0.15, -0.1) is 0 Å². The van der Waals surface area contributed by atoms with Gasteiger partial charge in [0.25, 0.3) is 0 Å². The van der Waals surface area contributed by atoms with Gasteiger partial charge in [-0.3, -0.25) is 0 Å². The van der Waals surface area contributed by atoms with Gasteiger partial charge in [0.2, 0.25) is 0 Å². The van der Waals surface area contributed by atoms with Gasteiger partial charge >= 0.3 is 0 Å². The predicted molar refractivity (Wildman–Crippen MR) is 96.4 cm³/mol. The highest BCUT2D eigenvalue weighted by Gasteiger charge is 2.72. The van der Waals surface area contributed by atoms with E-state index in [9.17, 15) is 10.2 Å². The Morgan fingerprint density at radius 3 is 2.48 bits per heavy atom. The molecule has 2 N–H and O–H groups in total. The summed E-state index contributed by atoms with van der Waals surface area (Å²) in [6, 6.07) is 0. The van der Waals surface area contributed by atoms with E-state index in [0.717, 1.165) is 18.8 Å². The molecular formula is C20H33BrO2. The number of aliphatic hydroxyl groups excluding tert-OH is 1. The first-order chi connectivity index (χ1) is 10.6. The lowest BCUT2D eigenvalue weighted by molar-refractivity contribution is -0.204. The van der Waals surface area contributed by atoms with Gasteiger partial charge in [-0.2, -0.15) is 0 Å². The standard InChI is InChI=1S/C20H33BrO2/c1-11(2)13-9-12-10-20(13)8-7-18(3)14(21)5-6-19(4,23)17(18)15(20)16(12)22/h11-17,22-23H,5-10H2,1-4H3/t12-,13-,14-,15-,16-,17-,18+,19+,20-/m0/s1. The molecule has 0 aliphatic heterocycles. The number of hydrogen-bond donors (Lipinski definition) is 2. The Labute approximate surface area is 149 Å². The van der Waals surface area contributed by atoms with Gasteiger partial charge in [-0.25, -0.2) is 0 Å². The first-order valence-electron chi connectivity index (χ1n) is 9.68. The molecule has 23 heavy (non-hydrogen) atoms. The Morgan fingerprint density at radius 2 is 1.83 bits per heavy atom. The van der Waals surface area contributed by atoms with Crippen molar-refractivity contribution >= 4 is 15.9 Å². The molecule has 0 unspecified atom stereocenters. The fourth-order valence-corrected chi connectivity index (χ4v) is 8.64. The lowest BCUT2D eigenvalue weighted by atomic mass is 9.43. The maximum Gasteiger partial charge on any atom is 0.0657 e. The van der Waals surface area contributed by atoms with Crippen LogP contribution in [0.15, 0.2) is 0 Å². The normalized spacial score (nSPS) is 61.6. The highest BCUT2D eigenvalue weighted by molar-refractivity contribution is 9.09. The quantitative estimate of drug-likeness (QED) is 0.658. The molecule has 4 rings (SSSR count). The predicted octanol–water partition coefficient (Wildman–Crippen LogP) is 4.37. The molecule has 4 aliphatic rings. The molecule has 0 aromatic rings. The molecule has 4 aliphatic carbocycles. The second-order valence-electron chi connectivity index (χ2n) is 10.1. The van der Waals surface area contributed by atoms with Crippen molar-refractivity contribution < 1.29 is 10.2 Å². The maximum atomic E-state index is 11.3.